The van der Waals surface area contributed by atoms with Crippen LogP contribution in [0.1, 0.15) is 21.1 Å². The van der Waals surface area contributed by atoms with E-state index in [1.165, 1.54) is 29.5 Å². The maximum absolute atomic E-state index is 11.9. The maximum Gasteiger partial charge on any atom is 0.292 e. The van der Waals surface area contributed by atoms with Crippen LogP contribution in [0.5, 0.6) is 0 Å². The van der Waals surface area contributed by atoms with Crippen molar-refractivity contribution in [3.8, 4) is 0 Å². The molecule has 8 heteroatoms. The molecule has 1 aromatic heterocycles. The lowest BCUT2D eigenvalue weighted by molar-refractivity contribution is -0.383. The van der Waals surface area contributed by atoms with Crippen molar-refractivity contribution in [1.29, 1.82) is 0 Å². The molecule has 0 bridgehead atoms. The Labute approximate surface area is 118 Å². The highest BCUT2D eigenvalue weighted by Gasteiger charge is 2.14. The predicted octanol–water partition coefficient (Wildman–Crippen LogP) is 1.87. The molecular weight excluding hydrogens is 280 g/mol. The van der Waals surface area contributed by atoms with Crippen LogP contribution in [0.4, 0.5) is 11.4 Å². The zero-order valence-corrected chi connectivity index (χ0v) is 11.4. The van der Waals surface area contributed by atoms with E-state index in [2.05, 4.69) is 10.3 Å². The Morgan fingerprint density at radius 3 is 2.85 bits per heavy atom. The molecule has 3 N–H and O–H groups in total. The van der Waals surface area contributed by atoms with E-state index >= 15 is 0 Å². The van der Waals surface area contributed by atoms with Gasteiger partial charge in [-0.1, -0.05) is 0 Å². The van der Waals surface area contributed by atoms with E-state index in [0.717, 1.165) is 10.7 Å². The number of nitrogens with one attached hydrogen (secondary N) is 1. The Morgan fingerprint density at radius 1 is 1.55 bits per heavy atom. The van der Waals surface area contributed by atoms with Crippen LogP contribution in [0.3, 0.4) is 0 Å². The van der Waals surface area contributed by atoms with Gasteiger partial charge in [-0.2, -0.15) is 0 Å². The fraction of sp³-hybridized carbons (Fsp3) is 0.167. The topological polar surface area (TPSA) is 111 Å². The number of nitrogens with zero attached hydrogens (tertiary/aromatic N) is 2. The molecule has 7 nitrogen and oxygen atoms in total. The summed E-state index contributed by atoms with van der Waals surface area (Å²) < 4.78 is 0. The highest BCUT2D eigenvalue weighted by molar-refractivity contribution is 7.09. The van der Waals surface area contributed by atoms with Crippen molar-refractivity contribution in [2.75, 3.05) is 5.73 Å². The van der Waals surface area contributed by atoms with Gasteiger partial charge in [-0.25, -0.2) is 4.98 Å². The van der Waals surface area contributed by atoms with Crippen molar-refractivity contribution in [2.45, 2.75) is 13.5 Å². The van der Waals surface area contributed by atoms with E-state index in [9.17, 15) is 14.9 Å². The fourth-order valence-electron chi connectivity index (χ4n) is 1.60. The normalized spacial score (nSPS) is 10.2. The number of carbonyl (C=O) groups is 1. The fourth-order valence-corrected chi connectivity index (χ4v) is 2.32. The minimum atomic E-state index is -0.588. The number of aryl methyl sites for hydroxylation is 1. The van der Waals surface area contributed by atoms with E-state index in [4.69, 9.17) is 5.73 Å². The zero-order valence-electron chi connectivity index (χ0n) is 10.6. The average molecular weight is 292 g/mol. The minimum absolute atomic E-state index is 0.0345. The molecule has 0 aliphatic heterocycles. The number of nitrogens with two attached hydrogens (primary N) is 1. The summed E-state index contributed by atoms with van der Waals surface area (Å²) in [5, 5.41) is 16.0. The Bertz CT molecular complexity index is 668. The molecule has 0 aliphatic carbocycles. The number of anilines is 1. The van der Waals surface area contributed by atoms with Crippen LogP contribution >= 0.6 is 11.3 Å². The third-order valence-corrected chi connectivity index (χ3v) is 3.52. The van der Waals surface area contributed by atoms with Gasteiger partial charge in [0.25, 0.3) is 11.6 Å². The number of aromatic nitrogens is 1. The molecule has 0 atom stereocenters. The van der Waals surface area contributed by atoms with Gasteiger partial charge in [0.2, 0.25) is 0 Å². The van der Waals surface area contributed by atoms with Crippen LogP contribution in [0.15, 0.2) is 23.6 Å². The van der Waals surface area contributed by atoms with Crippen molar-refractivity contribution < 1.29 is 9.72 Å². The molecule has 0 fully saturated rings. The van der Waals surface area contributed by atoms with E-state index in [1.807, 2.05) is 12.3 Å². The molecule has 1 aromatic carbocycles. The van der Waals surface area contributed by atoms with Gasteiger partial charge in [-0.3, -0.25) is 14.9 Å². The Balaban J connectivity index is 2.06. The van der Waals surface area contributed by atoms with Gasteiger partial charge in [0.1, 0.15) is 10.7 Å². The van der Waals surface area contributed by atoms with Crippen LogP contribution in [-0.2, 0) is 6.54 Å². The average Bonchev–Trinajstić information content (AvgIpc) is 2.81. The van der Waals surface area contributed by atoms with Crippen molar-refractivity contribution >= 4 is 28.6 Å². The number of nitro benzene ring substituents is 1. The summed E-state index contributed by atoms with van der Waals surface area (Å²) in [5.41, 5.74) is 6.47. The maximum atomic E-state index is 11.9. The Morgan fingerprint density at radius 2 is 2.30 bits per heavy atom. The molecule has 0 saturated heterocycles. The van der Waals surface area contributed by atoms with E-state index in [-0.39, 0.29) is 22.8 Å². The number of nitro groups is 1. The van der Waals surface area contributed by atoms with Crippen LogP contribution in [-0.4, -0.2) is 15.8 Å². The quantitative estimate of drug-likeness (QED) is 0.507. The lowest BCUT2D eigenvalue weighted by atomic mass is 10.1. The number of rotatable bonds is 4. The largest absolute Gasteiger partial charge is 0.393 e. The summed E-state index contributed by atoms with van der Waals surface area (Å²) in [4.78, 5) is 26.2. The summed E-state index contributed by atoms with van der Waals surface area (Å²) in [5.74, 6) is -0.348. The molecule has 0 unspecified atom stereocenters. The number of hydrogen-bond donors (Lipinski definition) is 2. The highest BCUT2D eigenvalue weighted by atomic mass is 32.1. The van der Waals surface area contributed by atoms with E-state index in [1.54, 1.807) is 0 Å². The number of benzene rings is 1. The lowest BCUT2D eigenvalue weighted by Crippen LogP contribution is -2.22. The molecule has 1 heterocycles. The summed E-state index contributed by atoms with van der Waals surface area (Å²) in [6.07, 6.45) is 0. The lowest BCUT2D eigenvalue weighted by Gasteiger charge is -2.04. The summed E-state index contributed by atoms with van der Waals surface area (Å²) in [6, 6.07) is 3.88. The monoisotopic (exact) mass is 292 g/mol. The van der Waals surface area contributed by atoms with Gasteiger partial charge in [0, 0.05) is 22.7 Å². The molecule has 0 spiro atoms. The molecule has 0 radical (unpaired) electrons. The first kappa shape index (κ1) is 13.9. The van der Waals surface area contributed by atoms with Crippen molar-refractivity contribution in [3.05, 3.63) is 50.0 Å². The standard InChI is InChI=1S/C12H12N4O3S/c1-7-6-20-11(15-7)5-14-12(17)8-2-3-10(16(18)19)9(13)4-8/h2-4,6H,5,13H2,1H3,(H,14,17). The Kier molecular flexibility index (Phi) is 3.94. The van der Waals surface area contributed by atoms with Crippen LogP contribution in [0.2, 0.25) is 0 Å². The number of nitrogen functional groups attached to an aromatic ring is 1. The molecule has 0 aliphatic rings. The number of thiazole rings is 1. The Hall–Kier alpha value is -2.48. The molecule has 20 heavy (non-hydrogen) atoms. The van der Waals surface area contributed by atoms with Crippen LogP contribution in [0.25, 0.3) is 0 Å². The second-order valence-electron chi connectivity index (χ2n) is 4.10. The molecular formula is C12H12N4O3S. The predicted molar refractivity (Wildman–Crippen MR) is 75.5 cm³/mol. The molecule has 2 aromatic rings. The van der Waals surface area contributed by atoms with Gasteiger partial charge in [-0.05, 0) is 19.1 Å². The second-order valence-corrected chi connectivity index (χ2v) is 5.04. The third-order valence-electron chi connectivity index (χ3n) is 2.55. The zero-order chi connectivity index (χ0) is 14.7. The minimum Gasteiger partial charge on any atom is -0.393 e. The number of amides is 1. The third kappa shape index (κ3) is 3.09. The van der Waals surface area contributed by atoms with Crippen LogP contribution in [0, 0.1) is 17.0 Å². The summed E-state index contributed by atoms with van der Waals surface area (Å²) in [7, 11) is 0. The first-order valence-corrected chi connectivity index (χ1v) is 6.58. The number of hydrogen-bond acceptors (Lipinski definition) is 6. The van der Waals surface area contributed by atoms with Gasteiger partial charge < -0.3 is 11.1 Å². The SMILES string of the molecule is Cc1csc(CNC(=O)c2ccc([N+](=O)[O-])c(N)c2)n1. The van der Waals surface area contributed by atoms with Crippen LogP contribution < -0.4 is 11.1 Å². The highest BCUT2D eigenvalue weighted by Crippen LogP contribution is 2.22. The second kappa shape index (κ2) is 5.66. The first-order valence-electron chi connectivity index (χ1n) is 5.70. The van der Waals surface area contributed by atoms with E-state index < -0.39 is 4.92 Å². The molecule has 1 amide bonds. The first-order chi connectivity index (χ1) is 9.47. The van der Waals surface area contributed by atoms with Gasteiger partial charge >= 0.3 is 0 Å². The van der Waals surface area contributed by atoms with Gasteiger partial charge in [-0.15, -0.1) is 11.3 Å². The van der Waals surface area contributed by atoms with Crippen molar-refractivity contribution in [1.82, 2.24) is 10.3 Å². The summed E-state index contributed by atoms with van der Waals surface area (Å²) >= 11 is 1.46. The van der Waals surface area contributed by atoms with E-state index in [0.29, 0.717) is 6.54 Å². The van der Waals surface area contributed by atoms with Crippen molar-refractivity contribution in [2.24, 2.45) is 0 Å². The molecule has 104 valence electrons. The molecule has 2 rings (SSSR count). The van der Waals surface area contributed by atoms with Crippen molar-refractivity contribution in [3.63, 3.8) is 0 Å². The van der Waals surface area contributed by atoms with Gasteiger partial charge in [0.15, 0.2) is 0 Å². The van der Waals surface area contributed by atoms with Gasteiger partial charge in [0.05, 0.1) is 11.5 Å². The smallest absolute Gasteiger partial charge is 0.292 e. The number of carbonyl (C=O) groups excluding carboxylic acids is 1. The molecule has 0 saturated carbocycles. The summed E-state index contributed by atoms with van der Waals surface area (Å²) in [6.45, 7) is 2.19.